The largest absolute Gasteiger partial charge is 0.465 e. The molecule has 0 saturated heterocycles. The summed E-state index contributed by atoms with van der Waals surface area (Å²) < 4.78 is 5.40. The summed E-state index contributed by atoms with van der Waals surface area (Å²) in [4.78, 5) is 12.4. The van der Waals surface area contributed by atoms with Crippen LogP contribution in [0.15, 0.2) is 18.2 Å². The Kier molecular flexibility index (Phi) is 5.28. The van der Waals surface area contributed by atoms with Crippen LogP contribution in [0.25, 0.3) is 0 Å². The van der Waals surface area contributed by atoms with E-state index >= 15 is 0 Å². The van der Waals surface area contributed by atoms with Gasteiger partial charge in [0.25, 0.3) is 0 Å². The summed E-state index contributed by atoms with van der Waals surface area (Å²) in [6, 6.07) is 6.78. The number of nitrogens with two attached hydrogens (primary N) is 1. The zero-order valence-corrected chi connectivity index (χ0v) is 14.3. The molecule has 0 bridgehead atoms. The lowest BCUT2D eigenvalue weighted by Gasteiger charge is -2.31. The van der Waals surface area contributed by atoms with Gasteiger partial charge in [-0.15, -0.1) is 0 Å². The number of carbonyl (C=O) groups excluding carboxylic acids is 1. The van der Waals surface area contributed by atoms with Crippen LogP contribution in [0.5, 0.6) is 0 Å². The maximum atomic E-state index is 12.4. The van der Waals surface area contributed by atoms with Crippen LogP contribution in [0.4, 0.5) is 0 Å². The first kappa shape index (κ1) is 17.0. The normalized spacial score (nSPS) is 20.5. The monoisotopic (exact) mass is 303 g/mol. The summed E-state index contributed by atoms with van der Waals surface area (Å²) in [5.74, 6) is 0.274. The molecule has 0 radical (unpaired) electrons. The number of ether oxygens (including phenoxy) is 1. The smallest absolute Gasteiger partial charge is 0.311 e. The number of hydrogen-bond acceptors (Lipinski definition) is 3. The van der Waals surface area contributed by atoms with Gasteiger partial charge in [-0.25, -0.2) is 0 Å². The van der Waals surface area contributed by atoms with E-state index in [-0.39, 0.29) is 12.0 Å². The molecule has 0 aromatic heterocycles. The van der Waals surface area contributed by atoms with Crippen LogP contribution in [0.1, 0.15) is 75.6 Å². The van der Waals surface area contributed by atoms with Gasteiger partial charge >= 0.3 is 5.97 Å². The lowest BCUT2D eigenvalue weighted by Crippen LogP contribution is -2.31. The van der Waals surface area contributed by atoms with E-state index in [2.05, 4.69) is 32.0 Å². The first-order chi connectivity index (χ1) is 10.4. The highest BCUT2D eigenvalue weighted by Crippen LogP contribution is 2.38. The van der Waals surface area contributed by atoms with Crippen LogP contribution in [0, 0.1) is 5.41 Å². The fourth-order valence-corrected chi connectivity index (χ4v) is 3.22. The van der Waals surface area contributed by atoms with E-state index in [1.165, 1.54) is 16.7 Å². The van der Waals surface area contributed by atoms with Crippen molar-refractivity contribution in [2.45, 2.75) is 65.3 Å². The third kappa shape index (κ3) is 3.35. The second-order valence-electron chi connectivity index (χ2n) is 6.92. The van der Waals surface area contributed by atoms with Crippen molar-refractivity contribution in [2.75, 3.05) is 6.61 Å². The Morgan fingerprint density at radius 2 is 2.18 bits per heavy atom. The van der Waals surface area contributed by atoms with Crippen molar-refractivity contribution in [1.29, 1.82) is 0 Å². The molecule has 0 aliphatic heterocycles. The van der Waals surface area contributed by atoms with Gasteiger partial charge in [0, 0.05) is 6.04 Å². The van der Waals surface area contributed by atoms with Gasteiger partial charge < -0.3 is 10.5 Å². The molecule has 3 heteroatoms. The maximum Gasteiger partial charge on any atom is 0.311 e. The molecular formula is C19H29NO2. The average molecular weight is 303 g/mol. The molecule has 3 nitrogen and oxygen atoms in total. The quantitative estimate of drug-likeness (QED) is 0.771. The molecular weight excluding hydrogens is 274 g/mol. The van der Waals surface area contributed by atoms with E-state index in [0.29, 0.717) is 12.5 Å². The Hall–Kier alpha value is -1.35. The summed E-state index contributed by atoms with van der Waals surface area (Å²) in [6.45, 7) is 8.82. The molecule has 1 aliphatic carbocycles. The fraction of sp³-hybridized carbons (Fsp3) is 0.632. The number of benzene rings is 1. The second-order valence-corrected chi connectivity index (χ2v) is 6.92. The van der Waals surface area contributed by atoms with E-state index in [0.717, 1.165) is 25.7 Å². The topological polar surface area (TPSA) is 52.3 Å². The van der Waals surface area contributed by atoms with Gasteiger partial charge in [0.1, 0.15) is 0 Å². The fourth-order valence-electron chi connectivity index (χ4n) is 3.22. The zero-order valence-electron chi connectivity index (χ0n) is 14.3. The molecule has 0 heterocycles. The van der Waals surface area contributed by atoms with Crippen LogP contribution in [-0.2, 0) is 16.0 Å². The highest BCUT2D eigenvalue weighted by atomic mass is 16.5. The Labute approximate surface area is 134 Å². The van der Waals surface area contributed by atoms with Crippen molar-refractivity contribution >= 4 is 5.97 Å². The van der Waals surface area contributed by atoms with Crippen molar-refractivity contribution in [3.63, 3.8) is 0 Å². The number of carbonyl (C=O) groups is 1. The summed E-state index contributed by atoms with van der Waals surface area (Å²) >= 11 is 0. The van der Waals surface area contributed by atoms with E-state index in [4.69, 9.17) is 10.5 Å². The second kappa shape index (κ2) is 6.82. The first-order valence-corrected chi connectivity index (χ1v) is 8.46. The Balaban J connectivity index is 2.07. The van der Waals surface area contributed by atoms with Crippen molar-refractivity contribution < 1.29 is 9.53 Å². The van der Waals surface area contributed by atoms with Crippen molar-refractivity contribution in [3.05, 3.63) is 34.9 Å². The van der Waals surface area contributed by atoms with Crippen LogP contribution in [0.2, 0.25) is 0 Å². The van der Waals surface area contributed by atoms with Gasteiger partial charge in [0.15, 0.2) is 0 Å². The summed E-state index contributed by atoms with van der Waals surface area (Å²) in [7, 11) is 0. The third-order valence-electron chi connectivity index (χ3n) is 5.04. The van der Waals surface area contributed by atoms with Crippen LogP contribution < -0.4 is 5.73 Å². The van der Waals surface area contributed by atoms with Crippen molar-refractivity contribution in [2.24, 2.45) is 11.1 Å². The molecule has 0 spiro atoms. The molecule has 3 atom stereocenters. The molecule has 1 aliphatic rings. The Bertz CT molecular complexity index is 540. The van der Waals surface area contributed by atoms with Crippen molar-refractivity contribution in [1.82, 2.24) is 0 Å². The van der Waals surface area contributed by atoms with E-state index in [9.17, 15) is 4.79 Å². The van der Waals surface area contributed by atoms with Gasteiger partial charge in [0.05, 0.1) is 12.0 Å². The molecule has 2 N–H and O–H groups in total. The molecule has 0 saturated carbocycles. The number of rotatable bonds is 7. The lowest BCUT2D eigenvalue weighted by atomic mass is 9.75. The van der Waals surface area contributed by atoms with Gasteiger partial charge in [-0.3, -0.25) is 4.79 Å². The van der Waals surface area contributed by atoms with Crippen molar-refractivity contribution in [3.8, 4) is 0 Å². The van der Waals surface area contributed by atoms with Gasteiger partial charge in [0.2, 0.25) is 0 Å². The summed E-state index contributed by atoms with van der Waals surface area (Å²) in [5, 5.41) is 0. The number of hydrogen-bond donors (Lipinski definition) is 1. The molecule has 3 unspecified atom stereocenters. The highest BCUT2D eigenvalue weighted by molar-refractivity contribution is 5.76. The minimum atomic E-state index is -0.409. The minimum absolute atomic E-state index is 0.0605. The molecule has 0 fully saturated rings. The Morgan fingerprint density at radius 1 is 1.45 bits per heavy atom. The Morgan fingerprint density at radius 3 is 2.73 bits per heavy atom. The van der Waals surface area contributed by atoms with Crippen LogP contribution in [0.3, 0.4) is 0 Å². The van der Waals surface area contributed by atoms with E-state index in [1.807, 2.05) is 13.8 Å². The highest BCUT2D eigenvalue weighted by Gasteiger charge is 2.35. The minimum Gasteiger partial charge on any atom is -0.465 e. The van der Waals surface area contributed by atoms with E-state index < -0.39 is 5.41 Å². The lowest BCUT2D eigenvalue weighted by molar-refractivity contribution is -0.155. The maximum absolute atomic E-state index is 12.4. The predicted octanol–water partition coefficient (Wildman–Crippen LogP) is 4.11. The van der Waals surface area contributed by atoms with E-state index in [1.54, 1.807) is 0 Å². The standard InChI is InChI=1S/C19H29NO2/c1-5-9-22-18(21)19(4,6-2)12-13(3)14-7-8-16-15(10-14)11-17(16)20/h7-8,10,13,17H,5-6,9,11-12,20H2,1-4H3. The van der Waals surface area contributed by atoms with Gasteiger partial charge in [-0.05, 0) is 55.2 Å². The van der Waals surface area contributed by atoms with Gasteiger partial charge in [-0.2, -0.15) is 0 Å². The molecule has 22 heavy (non-hydrogen) atoms. The van der Waals surface area contributed by atoms with Crippen LogP contribution >= 0.6 is 0 Å². The average Bonchev–Trinajstić information content (AvgIpc) is 2.50. The molecule has 2 rings (SSSR count). The number of esters is 1. The zero-order chi connectivity index (χ0) is 16.3. The number of fused-ring (bicyclic) bond motifs is 1. The molecule has 0 amide bonds. The summed E-state index contributed by atoms with van der Waals surface area (Å²) in [5.41, 5.74) is 9.49. The summed E-state index contributed by atoms with van der Waals surface area (Å²) in [6.07, 6.45) is 3.46. The predicted molar refractivity (Wildman–Crippen MR) is 89.8 cm³/mol. The van der Waals surface area contributed by atoms with Crippen LogP contribution in [-0.4, -0.2) is 12.6 Å². The molecule has 1 aromatic rings. The third-order valence-corrected chi connectivity index (χ3v) is 5.04. The SMILES string of the molecule is CCCOC(=O)C(C)(CC)CC(C)c1ccc2c(c1)CC2N. The molecule has 1 aromatic carbocycles. The molecule has 122 valence electrons. The van der Waals surface area contributed by atoms with Gasteiger partial charge in [-0.1, -0.05) is 39.0 Å². The first-order valence-electron chi connectivity index (χ1n) is 8.46.